The first kappa shape index (κ1) is 38.9. The quantitative estimate of drug-likeness (QED) is 0.101. The highest BCUT2D eigenvalue weighted by atomic mass is 32.2. The van der Waals surface area contributed by atoms with E-state index in [1.54, 1.807) is 0 Å². The summed E-state index contributed by atoms with van der Waals surface area (Å²) in [5, 5.41) is 25.2. The standard InChI is InChI=1S/C44H61NO6S/c1-7-24-48-44-40(52-34-15-8-9-16-34)28-38(45-51-43(4,5)6)36-26-31(14-10-12-22-46)35(17-11-13-23-47)41(42(36)44)37-27-33(20-21-39(37)50-44)49-32-19-18-29(2)30(3)25-32/h7,18-21,25-27,31,34-35,40-42,46-47H,1,8-17,22-24,28H2,2-6H3/t31-,35+,40-,41+,42+,44+/m0/s1. The van der Waals surface area contributed by atoms with Gasteiger partial charge in [0.15, 0.2) is 0 Å². The predicted molar refractivity (Wildman–Crippen MR) is 212 cm³/mol. The van der Waals surface area contributed by atoms with Crippen molar-refractivity contribution in [2.24, 2.45) is 22.9 Å². The lowest BCUT2D eigenvalue weighted by atomic mass is 9.56. The van der Waals surface area contributed by atoms with Crippen LogP contribution in [-0.4, -0.2) is 57.6 Å². The molecule has 8 heteroatoms. The van der Waals surface area contributed by atoms with E-state index in [4.69, 9.17) is 24.2 Å². The highest BCUT2D eigenvalue weighted by molar-refractivity contribution is 8.00. The van der Waals surface area contributed by atoms with Gasteiger partial charge in [0, 0.05) is 36.4 Å². The van der Waals surface area contributed by atoms with Gasteiger partial charge in [-0.05, 0) is 132 Å². The zero-order chi connectivity index (χ0) is 36.9. The summed E-state index contributed by atoms with van der Waals surface area (Å²) in [6.07, 6.45) is 15.2. The molecule has 3 aliphatic carbocycles. The van der Waals surface area contributed by atoms with Gasteiger partial charge < -0.3 is 29.3 Å². The number of thioether (sulfide) groups is 1. The Hall–Kier alpha value is -2.78. The monoisotopic (exact) mass is 731 g/mol. The molecule has 2 saturated carbocycles. The van der Waals surface area contributed by atoms with Crippen molar-refractivity contribution in [3.05, 3.63) is 77.4 Å². The third-order valence-corrected chi connectivity index (χ3v) is 13.1. The molecule has 0 radical (unpaired) electrons. The summed E-state index contributed by atoms with van der Waals surface area (Å²) in [5.41, 5.74) is 5.29. The van der Waals surface area contributed by atoms with Crippen molar-refractivity contribution in [3.63, 3.8) is 0 Å². The van der Waals surface area contributed by atoms with Crippen LogP contribution in [0.4, 0.5) is 0 Å². The average Bonchev–Trinajstić information content (AvgIpc) is 3.63. The Balaban J connectivity index is 1.54. The van der Waals surface area contributed by atoms with Gasteiger partial charge in [0.2, 0.25) is 5.79 Å². The molecular weight excluding hydrogens is 671 g/mol. The Morgan fingerprint density at radius 1 is 0.962 bits per heavy atom. The number of aliphatic hydroxyl groups is 2. The van der Waals surface area contributed by atoms with E-state index in [2.05, 4.69) is 50.8 Å². The second-order valence-corrected chi connectivity index (χ2v) is 17.8. The molecule has 1 heterocycles. The molecule has 0 unspecified atom stereocenters. The summed E-state index contributed by atoms with van der Waals surface area (Å²) >= 11 is 2.03. The van der Waals surface area contributed by atoms with E-state index in [-0.39, 0.29) is 42.1 Å². The second-order valence-electron chi connectivity index (χ2n) is 16.3. The van der Waals surface area contributed by atoms with Crippen LogP contribution in [0.15, 0.2) is 65.9 Å². The smallest absolute Gasteiger partial charge is 0.230 e. The van der Waals surface area contributed by atoms with Gasteiger partial charge in [-0.2, -0.15) is 0 Å². The molecule has 0 bridgehead atoms. The zero-order valence-corrected chi connectivity index (χ0v) is 32.9. The molecule has 2 aromatic carbocycles. The fourth-order valence-corrected chi connectivity index (χ4v) is 10.6. The molecule has 284 valence electrons. The molecule has 0 saturated heterocycles. The first-order valence-electron chi connectivity index (χ1n) is 19.7. The number of allylic oxidation sites excluding steroid dienone is 1. The Morgan fingerprint density at radius 2 is 1.67 bits per heavy atom. The number of oxime groups is 1. The zero-order valence-electron chi connectivity index (χ0n) is 32.1. The molecule has 7 nitrogen and oxygen atoms in total. The minimum Gasteiger partial charge on any atom is -0.460 e. The lowest BCUT2D eigenvalue weighted by Crippen LogP contribution is -2.64. The van der Waals surface area contributed by atoms with Crippen LogP contribution >= 0.6 is 11.8 Å². The number of nitrogens with zero attached hydrogens (tertiary/aromatic N) is 1. The highest BCUT2D eigenvalue weighted by Gasteiger charge is 2.64. The molecule has 6 atom stereocenters. The lowest BCUT2D eigenvalue weighted by Gasteiger charge is -2.58. The van der Waals surface area contributed by atoms with Crippen LogP contribution in [0.1, 0.15) is 114 Å². The maximum Gasteiger partial charge on any atom is 0.230 e. The summed E-state index contributed by atoms with van der Waals surface area (Å²) in [7, 11) is 0. The molecule has 4 aliphatic rings. The maximum absolute atomic E-state index is 9.90. The van der Waals surface area contributed by atoms with E-state index in [0.717, 1.165) is 67.0 Å². The third kappa shape index (κ3) is 8.61. The molecule has 0 amide bonds. The van der Waals surface area contributed by atoms with E-state index >= 15 is 0 Å². The molecule has 1 aliphatic heterocycles. The maximum atomic E-state index is 9.90. The van der Waals surface area contributed by atoms with Crippen LogP contribution in [0.2, 0.25) is 0 Å². The topological polar surface area (TPSA) is 89.7 Å². The number of ether oxygens (including phenoxy) is 3. The van der Waals surface area contributed by atoms with Crippen LogP contribution in [-0.2, 0) is 9.57 Å². The van der Waals surface area contributed by atoms with Gasteiger partial charge in [-0.15, -0.1) is 18.3 Å². The Labute approximate surface area is 316 Å². The fraction of sp³-hybridized carbons (Fsp3) is 0.614. The van der Waals surface area contributed by atoms with Crippen LogP contribution in [0.25, 0.3) is 0 Å². The van der Waals surface area contributed by atoms with E-state index < -0.39 is 11.4 Å². The minimum absolute atomic E-state index is 0.00819. The number of aryl methyl sites for hydroxylation is 2. The Kier molecular flexibility index (Phi) is 12.8. The van der Waals surface area contributed by atoms with Crippen molar-refractivity contribution >= 4 is 17.5 Å². The summed E-state index contributed by atoms with van der Waals surface area (Å²) in [5.74, 6) is 1.91. The van der Waals surface area contributed by atoms with Crippen molar-refractivity contribution in [2.75, 3.05) is 19.8 Å². The highest BCUT2D eigenvalue weighted by Crippen LogP contribution is 2.63. The molecule has 2 aromatic rings. The van der Waals surface area contributed by atoms with Gasteiger partial charge in [-0.1, -0.05) is 49.1 Å². The van der Waals surface area contributed by atoms with E-state index in [1.165, 1.54) is 42.4 Å². The lowest BCUT2D eigenvalue weighted by molar-refractivity contribution is -0.223. The van der Waals surface area contributed by atoms with Gasteiger partial charge in [0.05, 0.1) is 23.5 Å². The molecule has 2 N–H and O–H groups in total. The van der Waals surface area contributed by atoms with Crippen LogP contribution in [0.5, 0.6) is 17.2 Å². The van der Waals surface area contributed by atoms with E-state index in [0.29, 0.717) is 18.3 Å². The number of aliphatic hydroxyl groups excluding tert-OH is 2. The fourth-order valence-electron chi connectivity index (χ4n) is 8.87. The van der Waals surface area contributed by atoms with Gasteiger partial charge in [0.25, 0.3) is 0 Å². The van der Waals surface area contributed by atoms with Crippen molar-refractivity contribution in [2.45, 2.75) is 133 Å². The molecular formula is C44H61NO6S. The van der Waals surface area contributed by atoms with Crippen molar-refractivity contribution < 1.29 is 29.3 Å². The summed E-state index contributed by atoms with van der Waals surface area (Å²) < 4.78 is 21.0. The number of benzene rings is 2. The van der Waals surface area contributed by atoms with E-state index in [9.17, 15) is 10.2 Å². The van der Waals surface area contributed by atoms with Crippen molar-refractivity contribution in [1.29, 1.82) is 0 Å². The predicted octanol–water partition coefficient (Wildman–Crippen LogP) is 10.2. The third-order valence-electron chi connectivity index (χ3n) is 11.4. The van der Waals surface area contributed by atoms with E-state index in [1.807, 2.05) is 50.7 Å². The van der Waals surface area contributed by atoms with Crippen LogP contribution in [0, 0.1) is 31.6 Å². The molecule has 0 spiro atoms. The van der Waals surface area contributed by atoms with Gasteiger partial charge in [-0.3, -0.25) is 0 Å². The average molecular weight is 732 g/mol. The summed E-state index contributed by atoms with van der Waals surface area (Å²) in [4.78, 5) is 6.24. The molecule has 0 aromatic heterocycles. The second kappa shape index (κ2) is 17.1. The van der Waals surface area contributed by atoms with Crippen LogP contribution < -0.4 is 9.47 Å². The molecule has 52 heavy (non-hydrogen) atoms. The van der Waals surface area contributed by atoms with Gasteiger partial charge >= 0.3 is 0 Å². The minimum atomic E-state index is -0.937. The summed E-state index contributed by atoms with van der Waals surface area (Å²) in [6, 6.07) is 12.6. The largest absolute Gasteiger partial charge is 0.460 e. The Bertz CT molecular complexity index is 1590. The van der Waals surface area contributed by atoms with Crippen molar-refractivity contribution in [1.82, 2.24) is 0 Å². The first-order chi connectivity index (χ1) is 25.1. The number of unbranched alkanes of at least 4 members (excludes halogenated alkanes) is 2. The number of hydrogen-bond acceptors (Lipinski definition) is 8. The normalized spacial score (nSPS) is 27.8. The Morgan fingerprint density at radius 3 is 2.37 bits per heavy atom. The van der Waals surface area contributed by atoms with Crippen molar-refractivity contribution in [3.8, 4) is 17.2 Å². The summed E-state index contributed by atoms with van der Waals surface area (Å²) in [6.45, 7) is 15.2. The SMILES string of the molecule is C=CCO[C@@]12Oc3ccc(Oc4ccc(C)c(C)c4)cc3[C@H]3[C@H](CCCCO)[C@@H](CCCCO)C=C(C(=NOC(C)(C)C)C[C@@H]1SC1CCCC1)[C@H]32. The first-order valence-corrected chi connectivity index (χ1v) is 20.7. The number of fused-ring (bicyclic) bond motifs is 2. The molecule has 2 fully saturated rings. The number of hydrogen-bond donors (Lipinski definition) is 2. The number of rotatable bonds is 16. The van der Waals surface area contributed by atoms with Gasteiger partial charge in [0.1, 0.15) is 22.8 Å². The molecule has 6 rings (SSSR count). The van der Waals surface area contributed by atoms with Gasteiger partial charge in [-0.25, -0.2) is 0 Å². The van der Waals surface area contributed by atoms with Crippen LogP contribution in [0.3, 0.4) is 0 Å².